The molecule has 0 spiro atoms. The van der Waals surface area contributed by atoms with Crippen molar-refractivity contribution in [1.82, 2.24) is 5.32 Å². The molecule has 2 aliphatic carbocycles. The highest BCUT2D eigenvalue weighted by Crippen LogP contribution is 2.48. The van der Waals surface area contributed by atoms with E-state index in [1.807, 2.05) is 0 Å². The summed E-state index contributed by atoms with van der Waals surface area (Å²) in [6, 6.07) is 0. The van der Waals surface area contributed by atoms with Crippen LogP contribution in [0.5, 0.6) is 0 Å². The average molecular weight is 183 g/mol. The highest BCUT2D eigenvalue weighted by atomic mass is 16.3. The Kier molecular flexibility index (Phi) is 2.54. The summed E-state index contributed by atoms with van der Waals surface area (Å²) < 4.78 is 0. The summed E-state index contributed by atoms with van der Waals surface area (Å²) in [7, 11) is 0. The number of amides is 1. The minimum atomic E-state index is 0.0482. The van der Waals surface area contributed by atoms with Gasteiger partial charge in [0.15, 0.2) is 0 Å². The fraction of sp³-hybridized carbons (Fsp3) is 0.900. The van der Waals surface area contributed by atoms with Crippen LogP contribution in [0.15, 0.2) is 0 Å². The van der Waals surface area contributed by atoms with Gasteiger partial charge in [0.05, 0.1) is 6.61 Å². The summed E-state index contributed by atoms with van der Waals surface area (Å²) in [4.78, 5) is 11.6. The second-order valence-electron chi connectivity index (χ2n) is 4.30. The van der Waals surface area contributed by atoms with Crippen molar-refractivity contribution < 1.29 is 9.90 Å². The number of carbonyl (C=O) groups excluding carboxylic acids is 1. The van der Waals surface area contributed by atoms with Crippen molar-refractivity contribution in [2.75, 3.05) is 13.2 Å². The van der Waals surface area contributed by atoms with Crippen molar-refractivity contribution in [2.45, 2.75) is 25.7 Å². The van der Waals surface area contributed by atoms with Gasteiger partial charge in [-0.1, -0.05) is 6.42 Å². The van der Waals surface area contributed by atoms with Crippen LogP contribution in [-0.4, -0.2) is 24.2 Å². The number of hydrogen-bond donors (Lipinski definition) is 2. The molecule has 3 heteroatoms. The molecule has 2 aliphatic rings. The lowest BCUT2D eigenvalue weighted by Gasteiger charge is -2.20. The molecule has 2 rings (SSSR count). The number of fused-ring (bicyclic) bond motifs is 2. The number of aliphatic hydroxyl groups is 1. The molecule has 1 unspecified atom stereocenters. The van der Waals surface area contributed by atoms with E-state index in [0.29, 0.717) is 12.5 Å². The van der Waals surface area contributed by atoms with Gasteiger partial charge in [0.25, 0.3) is 0 Å². The van der Waals surface area contributed by atoms with Gasteiger partial charge in [-0.25, -0.2) is 0 Å². The Bertz CT molecular complexity index is 205. The van der Waals surface area contributed by atoms with Crippen molar-refractivity contribution in [2.24, 2.45) is 17.8 Å². The minimum absolute atomic E-state index is 0.0482. The number of hydrogen-bond acceptors (Lipinski definition) is 2. The maximum absolute atomic E-state index is 11.6. The Hall–Kier alpha value is -0.570. The Morgan fingerprint density at radius 2 is 2.23 bits per heavy atom. The maximum Gasteiger partial charge on any atom is 0.223 e. The molecule has 3 nitrogen and oxygen atoms in total. The van der Waals surface area contributed by atoms with Gasteiger partial charge < -0.3 is 10.4 Å². The minimum Gasteiger partial charge on any atom is -0.395 e. The molecule has 2 bridgehead atoms. The fourth-order valence-electron chi connectivity index (χ4n) is 2.88. The first kappa shape index (κ1) is 9.00. The van der Waals surface area contributed by atoms with E-state index in [1.54, 1.807) is 0 Å². The van der Waals surface area contributed by atoms with Crippen molar-refractivity contribution in [3.8, 4) is 0 Å². The van der Waals surface area contributed by atoms with Gasteiger partial charge in [0, 0.05) is 12.5 Å². The third-order valence-electron chi connectivity index (χ3n) is 3.49. The standard InChI is InChI=1S/C10H17NO2/c12-4-3-11-10(13)9-6-7-1-2-8(9)5-7/h7-9,12H,1-6H2,(H,11,13)/t7-,8+,9?/m1/s1. The maximum atomic E-state index is 11.6. The molecule has 3 atom stereocenters. The highest BCUT2D eigenvalue weighted by molar-refractivity contribution is 5.79. The predicted molar refractivity (Wildman–Crippen MR) is 49.0 cm³/mol. The zero-order valence-corrected chi connectivity index (χ0v) is 7.83. The molecule has 2 fully saturated rings. The summed E-state index contributed by atoms with van der Waals surface area (Å²) in [5, 5.41) is 11.3. The summed E-state index contributed by atoms with van der Waals surface area (Å²) in [6.07, 6.45) is 4.91. The van der Waals surface area contributed by atoms with Gasteiger partial charge in [-0.3, -0.25) is 4.79 Å². The number of aliphatic hydroxyl groups excluding tert-OH is 1. The van der Waals surface area contributed by atoms with Crippen molar-refractivity contribution in [1.29, 1.82) is 0 Å². The number of rotatable bonds is 3. The first-order chi connectivity index (χ1) is 6.31. The predicted octanol–water partition coefficient (Wildman–Crippen LogP) is 0.531. The van der Waals surface area contributed by atoms with Crippen LogP contribution in [0.3, 0.4) is 0 Å². The summed E-state index contributed by atoms with van der Waals surface area (Å²) in [6.45, 7) is 0.458. The lowest BCUT2D eigenvalue weighted by atomic mass is 9.88. The van der Waals surface area contributed by atoms with E-state index in [0.717, 1.165) is 12.3 Å². The molecule has 0 aromatic heterocycles. The second kappa shape index (κ2) is 3.66. The molecule has 13 heavy (non-hydrogen) atoms. The molecular formula is C10H17NO2. The van der Waals surface area contributed by atoms with Crippen LogP contribution in [0, 0.1) is 17.8 Å². The Morgan fingerprint density at radius 1 is 1.38 bits per heavy atom. The summed E-state index contributed by atoms with van der Waals surface area (Å²) >= 11 is 0. The van der Waals surface area contributed by atoms with Gasteiger partial charge in [0.1, 0.15) is 0 Å². The molecular weight excluding hydrogens is 166 g/mol. The van der Waals surface area contributed by atoms with Gasteiger partial charge in [0.2, 0.25) is 5.91 Å². The molecule has 0 radical (unpaired) electrons. The molecule has 0 aromatic carbocycles. The van der Waals surface area contributed by atoms with Crippen LogP contribution >= 0.6 is 0 Å². The van der Waals surface area contributed by atoms with E-state index in [4.69, 9.17) is 5.11 Å². The van der Waals surface area contributed by atoms with E-state index in [-0.39, 0.29) is 18.4 Å². The third kappa shape index (κ3) is 1.70. The third-order valence-corrected chi connectivity index (χ3v) is 3.49. The largest absolute Gasteiger partial charge is 0.395 e. The van der Waals surface area contributed by atoms with Crippen LogP contribution in [0.1, 0.15) is 25.7 Å². The van der Waals surface area contributed by atoms with Crippen LogP contribution in [0.4, 0.5) is 0 Å². The van der Waals surface area contributed by atoms with Crippen LogP contribution in [-0.2, 0) is 4.79 Å². The summed E-state index contributed by atoms with van der Waals surface area (Å²) in [5.41, 5.74) is 0. The molecule has 74 valence electrons. The Labute approximate surface area is 78.5 Å². The number of nitrogens with one attached hydrogen (secondary N) is 1. The van der Waals surface area contributed by atoms with Crippen molar-refractivity contribution >= 4 is 5.91 Å². The topological polar surface area (TPSA) is 49.3 Å². The highest BCUT2D eigenvalue weighted by Gasteiger charge is 2.42. The van der Waals surface area contributed by atoms with E-state index in [2.05, 4.69) is 5.32 Å². The first-order valence-electron chi connectivity index (χ1n) is 5.20. The zero-order chi connectivity index (χ0) is 9.26. The Morgan fingerprint density at radius 3 is 2.77 bits per heavy atom. The molecule has 0 saturated heterocycles. The smallest absolute Gasteiger partial charge is 0.223 e. The normalized spacial score (nSPS) is 36.5. The van der Waals surface area contributed by atoms with E-state index < -0.39 is 0 Å². The average Bonchev–Trinajstić information content (AvgIpc) is 2.74. The lowest BCUT2D eigenvalue weighted by Crippen LogP contribution is -2.35. The Balaban J connectivity index is 1.84. The molecule has 2 saturated carbocycles. The fourth-order valence-corrected chi connectivity index (χ4v) is 2.88. The number of carbonyl (C=O) groups is 1. The molecule has 2 N–H and O–H groups in total. The van der Waals surface area contributed by atoms with Gasteiger partial charge in [-0.15, -0.1) is 0 Å². The van der Waals surface area contributed by atoms with E-state index >= 15 is 0 Å². The zero-order valence-electron chi connectivity index (χ0n) is 7.83. The van der Waals surface area contributed by atoms with E-state index in [1.165, 1.54) is 19.3 Å². The molecule has 1 amide bonds. The first-order valence-corrected chi connectivity index (χ1v) is 5.20. The SMILES string of the molecule is O=C(NCCO)C1C[C@@H]2CC[C@H]1C2. The molecule has 0 aromatic rings. The van der Waals surface area contributed by atoms with Gasteiger partial charge >= 0.3 is 0 Å². The van der Waals surface area contributed by atoms with Crippen molar-refractivity contribution in [3.63, 3.8) is 0 Å². The van der Waals surface area contributed by atoms with Crippen molar-refractivity contribution in [3.05, 3.63) is 0 Å². The molecule has 0 heterocycles. The quantitative estimate of drug-likeness (QED) is 0.670. The summed E-state index contributed by atoms with van der Waals surface area (Å²) in [5.74, 6) is 1.88. The monoisotopic (exact) mass is 183 g/mol. The van der Waals surface area contributed by atoms with Crippen LogP contribution in [0.25, 0.3) is 0 Å². The van der Waals surface area contributed by atoms with Gasteiger partial charge in [-0.05, 0) is 31.1 Å². The second-order valence-corrected chi connectivity index (χ2v) is 4.30. The van der Waals surface area contributed by atoms with E-state index in [9.17, 15) is 4.79 Å². The lowest BCUT2D eigenvalue weighted by molar-refractivity contribution is -0.126. The van der Waals surface area contributed by atoms with Crippen LogP contribution in [0.2, 0.25) is 0 Å². The molecule has 0 aliphatic heterocycles. The van der Waals surface area contributed by atoms with Gasteiger partial charge in [-0.2, -0.15) is 0 Å². The van der Waals surface area contributed by atoms with Crippen LogP contribution < -0.4 is 5.32 Å².